The summed E-state index contributed by atoms with van der Waals surface area (Å²) in [6, 6.07) is 13.2. The van der Waals surface area contributed by atoms with Crippen LogP contribution < -0.4 is 10.6 Å². The van der Waals surface area contributed by atoms with Crippen LogP contribution in [0.2, 0.25) is 0 Å². The second-order valence-corrected chi connectivity index (χ2v) is 5.40. The minimum Gasteiger partial charge on any atom is -0.351 e. The molecule has 0 atom stereocenters. The number of hydrogen-bond donors (Lipinski definition) is 2. The van der Waals surface area contributed by atoms with E-state index in [9.17, 15) is 13.2 Å². The summed E-state index contributed by atoms with van der Waals surface area (Å²) in [5.41, 5.74) is 6.30. The zero-order valence-corrected chi connectivity index (χ0v) is 11.1. The molecule has 2 aromatic carbocycles. The third-order valence-electron chi connectivity index (χ3n) is 2.63. The van der Waals surface area contributed by atoms with Gasteiger partial charge in [0.05, 0.1) is 16.3 Å². The molecule has 20 heavy (non-hydrogen) atoms. The molecule has 0 bridgehead atoms. The fraction of sp³-hybridized carbons (Fsp3) is 0. The number of nitrogens with two attached hydrogens (primary N) is 1. The average molecular weight is 292 g/mol. The van der Waals surface area contributed by atoms with Crippen molar-refractivity contribution >= 4 is 27.5 Å². The van der Waals surface area contributed by atoms with Gasteiger partial charge in [-0.25, -0.2) is 4.79 Å². The molecule has 7 heteroatoms. The lowest BCUT2D eigenvalue weighted by Gasteiger charge is -2.20. The van der Waals surface area contributed by atoms with Crippen molar-refractivity contribution in [1.82, 2.24) is 0 Å². The highest BCUT2D eigenvalue weighted by molar-refractivity contribution is 7.85. The van der Waals surface area contributed by atoms with E-state index >= 15 is 0 Å². The number of primary amides is 1. The Bertz CT molecular complexity index is 712. The molecule has 0 aliphatic heterocycles. The van der Waals surface area contributed by atoms with E-state index < -0.39 is 16.1 Å². The summed E-state index contributed by atoms with van der Waals surface area (Å²) in [6.45, 7) is 0. The van der Waals surface area contributed by atoms with Crippen molar-refractivity contribution in [3.05, 3.63) is 54.6 Å². The summed E-state index contributed by atoms with van der Waals surface area (Å²) in [5.74, 6) is 0. The first-order chi connectivity index (χ1) is 9.39. The number of nitrogens with zero attached hydrogens (tertiary/aromatic N) is 1. The number of carbonyl (C=O) groups is 1. The number of anilines is 2. The third kappa shape index (κ3) is 2.95. The maximum atomic E-state index is 11.6. The lowest BCUT2D eigenvalue weighted by atomic mass is 10.2. The second-order valence-electron chi connectivity index (χ2n) is 3.98. The maximum absolute atomic E-state index is 11.6. The molecule has 0 spiro atoms. The fourth-order valence-corrected chi connectivity index (χ4v) is 2.23. The van der Waals surface area contributed by atoms with E-state index in [2.05, 4.69) is 0 Å². The summed E-state index contributed by atoms with van der Waals surface area (Å²) < 4.78 is 30.8. The van der Waals surface area contributed by atoms with Crippen molar-refractivity contribution in [3.8, 4) is 0 Å². The van der Waals surface area contributed by atoms with Gasteiger partial charge < -0.3 is 5.73 Å². The molecule has 0 aliphatic rings. The molecule has 0 saturated heterocycles. The van der Waals surface area contributed by atoms with E-state index in [0.717, 1.165) is 0 Å². The van der Waals surface area contributed by atoms with Gasteiger partial charge in [-0.2, -0.15) is 8.42 Å². The summed E-state index contributed by atoms with van der Waals surface area (Å²) in [7, 11) is -4.26. The number of carbonyl (C=O) groups excluding carboxylic acids is 1. The van der Waals surface area contributed by atoms with Gasteiger partial charge in [-0.1, -0.05) is 18.2 Å². The van der Waals surface area contributed by atoms with E-state index in [1.165, 1.54) is 29.2 Å². The molecule has 3 N–H and O–H groups in total. The van der Waals surface area contributed by atoms with Gasteiger partial charge >= 0.3 is 6.03 Å². The van der Waals surface area contributed by atoms with Crippen LogP contribution in [0.1, 0.15) is 0 Å². The van der Waals surface area contributed by atoms with Gasteiger partial charge in [0.15, 0.2) is 0 Å². The summed E-state index contributed by atoms with van der Waals surface area (Å²) in [6.07, 6.45) is 0. The van der Waals surface area contributed by atoms with Gasteiger partial charge in [-0.05, 0) is 36.4 Å². The van der Waals surface area contributed by atoms with Gasteiger partial charge in [0.1, 0.15) is 0 Å². The van der Waals surface area contributed by atoms with Gasteiger partial charge in [-0.3, -0.25) is 9.45 Å². The minimum absolute atomic E-state index is 0.251. The van der Waals surface area contributed by atoms with E-state index in [0.29, 0.717) is 11.4 Å². The Balaban J connectivity index is 2.44. The number of benzene rings is 2. The maximum Gasteiger partial charge on any atom is 0.323 e. The summed E-state index contributed by atoms with van der Waals surface area (Å²) >= 11 is 0. The standard InChI is InChI=1S/C13H12N2O4S/c14-13(16)15(10-4-2-1-3-5-10)11-6-8-12(9-7-11)20(17,18)19/h1-9H,(H2,14,16)(H,17,18,19). The topological polar surface area (TPSA) is 101 Å². The van der Waals surface area contributed by atoms with E-state index in [4.69, 9.17) is 10.3 Å². The van der Waals surface area contributed by atoms with Crippen molar-refractivity contribution in [2.24, 2.45) is 5.73 Å². The zero-order valence-electron chi connectivity index (χ0n) is 10.3. The molecule has 2 rings (SSSR count). The van der Waals surface area contributed by atoms with Crippen LogP contribution in [0.5, 0.6) is 0 Å². The Hall–Kier alpha value is -2.38. The summed E-state index contributed by atoms with van der Waals surface area (Å²) in [4.78, 5) is 12.5. The molecular weight excluding hydrogens is 280 g/mol. The monoisotopic (exact) mass is 292 g/mol. The number of hydrogen-bond acceptors (Lipinski definition) is 3. The molecule has 2 aromatic rings. The Morgan fingerprint density at radius 1 is 0.950 bits per heavy atom. The van der Waals surface area contributed by atoms with Crippen LogP contribution in [0.4, 0.5) is 16.2 Å². The molecule has 0 aromatic heterocycles. The van der Waals surface area contributed by atoms with Crippen molar-refractivity contribution in [1.29, 1.82) is 0 Å². The molecule has 0 unspecified atom stereocenters. The van der Waals surface area contributed by atoms with Crippen LogP contribution in [0.15, 0.2) is 59.5 Å². The van der Waals surface area contributed by atoms with Crippen LogP contribution >= 0.6 is 0 Å². The molecule has 0 saturated carbocycles. The summed E-state index contributed by atoms with van der Waals surface area (Å²) in [5, 5.41) is 0. The largest absolute Gasteiger partial charge is 0.351 e. The number of rotatable bonds is 3. The Morgan fingerprint density at radius 3 is 1.90 bits per heavy atom. The highest BCUT2D eigenvalue weighted by Gasteiger charge is 2.16. The van der Waals surface area contributed by atoms with Gasteiger partial charge in [0.25, 0.3) is 10.1 Å². The molecule has 0 heterocycles. The van der Waals surface area contributed by atoms with Gasteiger partial charge in [0.2, 0.25) is 0 Å². The van der Waals surface area contributed by atoms with Gasteiger partial charge in [-0.15, -0.1) is 0 Å². The predicted octanol–water partition coefficient (Wildman–Crippen LogP) is 2.15. The van der Waals surface area contributed by atoms with E-state index in [1.807, 2.05) is 0 Å². The van der Waals surface area contributed by atoms with E-state index in [-0.39, 0.29) is 4.90 Å². The SMILES string of the molecule is NC(=O)N(c1ccccc1)c1ccc(S(=O)(=O)O)cc1. The Morgan fingerprint density at radius 2 is 1.45 bits per heavy atom. The zero-order chi connectivity index (χ0) is 14.8. The van der Waals surface area contributed by atoms with Crippen LogP contribution in [0.25, 0.3) is 0 Å². The Labute approximate surface area is 116 Å². The first-order valence-electron chi connectivity index (χ1n) is 5.62. The quantitative estimate of drug-likeness (QED) is 0.846. The van der Waals surface area contributed by atoms with Crippen molar-refractivity contribution in [2.75, 3.05) is 4.90 Å². The fourth-order valence-electron chi connectivity index (χ4n) is 1.75. The first kappa shape index (κ1) is 14.0. The lowest BCUT2D eigenvalue weighted by molar-refractivity contribution is 0.256. The minimum atomic E-state index is -4.26. The van der Waals surface area contributed by atoms with Crippen molar-refractivity contribution in [2.45, 2.75) is 4.90 Å². The molecule has 0 fully saturated rings. The van der Waals surface area contributed by atoms with Crippen LogP contribution in [-0.2, 0) is 10.1 Å². The smallest absolute Gasteiger partial charge is 0.323 e. The third-order valence-corrected chi connectivity index (χ3v) is 3.50. The van der Waals surface area contributed by atoms with Crippen LogP contribution in [-0.4, -0.2) is 19.0 Å². The van der Waals surface area contributed by atoms with E-state index in [1.54, 1.807) is 30.3 Å². The molecule has 6 nitrogen and oxygen atoms in total. The van der Waals surface area contributed by atoms with Crippen molar-refractivity contribution in [3.63, 3.8) is 0 Å². The first-order valence-corrected chi connectivity index (χ1v) is 7.06. The number of urea groups is 1. The second kappa shape index (κ2) is 5.32. The molecule has 0 aliphatic carbocycles. The molecule has 2 amide bonds. The molecule has 0 radical (unpaired) electrons. The van der Waals surface area contributed by atoms with Crippen molar-refractivity contribution < 1.29 is 17.8 Å². The molecule has 104 valence electrons. The normalized spacial score (nSPS) is 11.1. The number of para-hydroxylation sites is 1. The lowest BCUT2D eigenvalue weighted by Crippen LogP contribution is -2.31. The highest BCUT2D eigenvalue weighted by atomic mass is 32.2. The van der Waals surface area contributed by atoms with Gasteiger partial charge in [0, 0.05) is 0 Å². The average Bonchev–Trinajstić information content (AvgIpc) is 2.39. The predicted molar refractivity (Wildman–Crippen MR) is 74.4 cm³/mol. The number of amides is 2. The molecular formula is C13H12N2O4S. The Kier molecular flexibility index (Phi) is 3.73. The highest BCUT2D eigenvalue weighted by Crippen LogP contribution is 2.25. The van der Waals surface area contributed by atoms with Crippen LogP contribution in [0.3, 0.4) is 0 Å². The van der Waals surface area contributed by atoms with Crippen LogP contribution in [0, 0.1) is 0 Å².